The highest BCUT2D eigenvalue weighted by atomic mass is 79.9. The van der Waals surface area contributed by atoms with Crippen molar-refractivity contribution in [1.82, 2.24) is 9.97 Å². The van der Waals surface area contributed by atoms with Gasteiger partial charge in [-0.1, -0.05) is 6.07 Å². The summed E-state index contributed by atoms with van der Waals surface area (Å²) in [5, 5.41) is 0.814. The molecule has 94 valence electrons. The lowest BCUT2D eigenvalue weighted by atomic mass is 10.2. The zero-order valence-electron chi connectivity index (χ0n) is 9.68. The van der Waals surface area contributed by atoms with Gasteiger partial charge in [0.15, 0.2) is 5.82 Å². The molecule has 3 rings (SSSR count). The van der Waals surface area contributed by atoms with Gasteiger partial charge in [-0.25, -0.2) is 9.37 Å². The fourth-order valence-electron chi connectivity index (χ4n) is 1.75. The summed E-state index contributed by atoms with van der Waals surface area (Å²) in [5.74, 6) is -0.0471. The quantitative estimate of drug-likeness (QED) is 0.705. The summed E-state index contributed by atoms with van der Waals surface area (Å²) in [4.78, 5) is 8.13. The van der Waals surface area contributed by atoms with Gasteiger partial charge >= 0.3 is 0 Å². The van der Waals surface area contributed by atoms with Crippen LogP contribution in [-0.2, 0) is 0 Å². The van der Waals surface area contributed by atoms with E-state index < -0.39 is 5.82 Å². The molecule has 19 heavy (non-hydrogen) atoms. The highest BCUT2D eigenvalue weighted by Crippen LogP contribution is 2.29. The van der Waals surface area contributed by atoms with Gasteiger partial charge in [-0.2, -0.15) is 0 Å². The number of hydrogen-bond donors (Lipinski definition) is 0. The molecule has 0 aliphatic rings. The largest absolute Gasteiger partial charge is 0.436 e. The first kappa shape index (κ1) is 12.0. The molecule has 5 heteroatoms. The number of hydrogen-bond acceptors (Lipinski definition) is 3. The van der Waals surface area contributed by atoms with Crippen LogP contribution in [0.5, 0.6) is 11.6 Å². The molecule has 0 aliphatic carbocycles. The number of halogens is 2. The normalized spacial score (nSPS) is 10.6. The Kier molecular flexibility index (Phi) is 3.13. The summed E-state index contributed by atoms with van der Waals surface area (Å²) in [7, 11) is 0. The van der Waals surface area contributed by atoms with E-state index in [1.807, 2.05) is 12.1 Å². The molecule has 0 radical (unpaired) electrons. The number of pyridine rings is 2. The Hall–Kier alpha value is -2.01. The molecule has 2 heterocycles. The summed E-state index contributed by atoms with van der Waals surface area (Å²) in [6, 6.07) is 10.4. The zero-order valence-corrected chi connectivity index (χ0v) is 11.3. The molecular formula is C14H8BrFN2O. The van der Waals surface area contributed by atoms with Crippen LogP contribution in [0.25, 0.3) is 10.9 Å². The van der Waals surface area contributed by atoms with E-state index in [0.29, 0.717) is 10.2 Å². The van der Waals surface area contributed by atoms with Gasteiger partial charge in [-0.05, 0) is 46.3 Å². The minimum atomic E-state index is -0.518. The molecule has 0 aliphatic heterocycles. The highest BCUT2D eigenvalue weighted by molar-refractivity contribution is 9.10. The van der Waals surface area contributed by atoms with Gasteiger partial charge in [0.1, 0.15) is 5.75 Å². The molecule has 2 aromatic heterocycles. The number of nitrogens with zero attached hydrogens (tertiary/aromatic N) is 2. The number of aromatic nitrogens is 2. The molecule has 0 atom stereocenters. The maximum absolute atomic E-state index is 13.7. The van der Waals surface area contributed by atoms with E-state index in [1.54, 1.807) is 24.4 Å². The smallest absolute Gasteiger partial charge is 0.255 e. The summed E-state index contributed by atoms with van der Waals surface area (Å²) in [6.45, 7) is 0. The first-order valence-corrected chi connectivity index (χ1v) is 6.36. The molecule has 0 bridgehead atoms. The average Bonchev–Trinajstić information content (AvgIpc) is 2.42. The third-order valence-electron chi connectivity index (χ3n) is 2.59. The van der Waals surface area contributed by atoms with Crippen LogP contribution in [0, 0.1) is 5.82 Å². The maximum Gasteiger partial charge on any atom is 0.255 e. The topological polar surface area (TPSA) is 35.0 Å². The SMILES string of the molecule is Fc1cc(Br)cnc1Oc1cccc2ncccc12. The second-order valence-electron chi connectivity index (χ2n) is 3.87. The summed E-state index contributed by atoms with van der Waals surface area (Å²) in [6.07, 6.45) is 3.19. The molecule has 1 aromatic carbocycles. The second-order valence-corrected chi connectivity index (χ2v) is 4.78. The van der Waals surface area contributed by atoms with Crippen molar-refractivity contribution in [3.8, 4) is 11.6 Å². The third kappa shape index (κ3) is 2.42. The molecule has 0 amide bonds. The highest BCUT2D eigenvalue weighted by Gasteiger charge is 2.09. The van der Waals surface area contributed by atoms with Crippen LogP contribution in [0.1, 0.15) is 0 Å². The molecule has 0 unspecified atom stereocenters. The van der Waals surface area contributed by atoms with Crippen LogP contribution in [0.4, 0.5) is 4.39 Å². The Balaban J connectivity index is 2.06. The Labute approximate surface area is 117 Å². The van der Waals surface area contributed by atoms with Crippen LogP contribution in [0.15, 0.2) is 53.3 Å². The molecule has 0 spiro atoms. The Morgan fingerprint density at radius 2 is 2.00 bits per heavy atom. The minimum Gasteiger partial charge on any atom is -0.436 e. The lowest BCUT2D eigenvalue weighted by Gasteiger charge is -2.08. The fraction of sp³-hybridized carbons (Fsp3) is 0. The monoisotopic (exact) mass is 318 g/mol. The minimum absolute atomic E-state index is 0.0560. The predicted molar refractivity (Wildman–Crippen MR) is 73.7 cm³/mol. The Morgan fingerprint density at radius 1 is 1.11 bits per heavy atom. The maximum atomic E-state index is 13.7. The van der Waals surface area contributed by atoms with Crippen molar-refractivity contribution < 1.29 is 9.13 Å². The standard InChI is InChI=1S/C14H8BrFN2O/c15-9-7-11(16)14(18-8-9)19-13-5-1-4-12-10(13)3-2-6-17-12/h1-8H. The summed E-state index contributed by atoms with van der Waals surface area (Å²) >= 11 is 3.15. The van der Waals surface area contributed by atoms with Crippen LogP contribution in [-0.4, -0.2) is 9.97 Å². The third-order valence-corrected chi connectivity index (χ3v) is 3.02. The summed E-state index contributed by atoms with van der Waals surface area (Å²) < 4.78 is 19.8. The number of rotatable bonds is 2. The van der Waals surface area contributed by atoms with Crippen LogP contribution in [0.2, 0.25) is 0 Å². The van der Waals surface area contributed by atoms with E-state index in [9.17, 15) is 4.39 Å². The van der Waals surface area contributed by atoms with Crippen molar-refractivity contribution in [2.75, 3.05) is 0 Å². The lowest BCUT2D eigenvalue weighted by Crippen LogP contribution is -1.93. The Morgan fingerprint density at radius 3 is 2.84 bits per heavy atom. The van der Waals surface area contributed by atoms with Gasteiger partial charge in [0.05, 0.1) is 5.52 Å². The molecule has 0 N–H and O–H groups in total. The fourth-order valence-corrected chi connectivity index (χ4v) is 2.05. The number of benzene rings is 1. The molecule has 0 fully saturated rings. The molecular weight excluding hydrogens is 311 g/mol. The second kappa shape index (κ2) is 4.93. The first-order chi connectivity index (χ1) is 9.24. The van der Waals surface area contributed by atoms with Gasteiger partial charge < -0.3 is 4.74 Å². The molecule has 3 nitrogen and oxygen atoms in total. The average molecular weight is 319 g/mol. The van der Waals surface area contributed by atoms with Crippen molar-refractivity contribution in [3.05, 3.63) is 59.1 Å². The molecule has 3 aromatic rings. The van der Waals surface area contributed by atoms with Crippen LogP contribution < -0.4 is 4.74 Å². The van der Waals surface area contributed by atoms with Crippen LogP contribution in [0.3, 0.4) is 0 Å². The van der Waals surface area contributed by atoms with E-state index in [0.717, 1.165) is 10.9 Å². The van der Waals surface area contributed by atoms with Crippen LogP contribution >= 0.6 is 15.9 Å². The van der Waals surface area contributed by atoms with Crippen molar-refractivity contribution in [2.24, 2.45) is 0 Å². The van der Waals surface area contributed by atoms with Gasteiger partial charge in [-0.15, -0.1) is 0 Å². The van der Waals surface area contributed by atoms with Gasteiger partial charge in [0.25, 0.3) is 5.88 Å². The van der Waals surface area contributed by atoms with E-state index in [-0.39, 0.29) is 5.88 Å². The van der Waals surface area contributed by atoms with Crippen molar-refractivity contribution in [1.29, 1.82) is 0 Å². The van der Waals surface area contributed by atoms with Crippen molar-refractivity contribution in [2.45, 2.75) is 0 Å². The zero-order chi connectivity index (χ0) is 13.2. The van der Waals surface area contributed by atoms with Gasteiger partial charge in [0.2, 0.25) is 0 Å². The first-order valence-electron chi connectivity index (χ1n) is 5.57. The van der Waals surface area contributed by atoms with Crippen molar-refractivity contribution >= 4 is 26.8 Å². The summed E-state index contributed by atoms with van der Waals surface area (Å²) in [5.41, 5.74) is 0.789. The molecule has 0 saturated carbocycles. The van der Waals surface area contributed by atoms with Crippen molar-refractivity contribution in [3.63, 3.8) is 0 Å². The number of fused-ring (bicyclic) bond motifs is 1. The number of ether oxygens (including phenoxy) is 1. The van der Waals surface area contributed by atoms with Gasteiger partial charge in [-0.3, -0.25) is 4.98 Å². The lowest BCUT2D eigenvalue weighted by molar-refractivity contribution is 0.426. The van der Waals surface area contributed by atoms with E-state index in [4.69, 9.17) is 4.74 Å². The van der Waals surface area contributed by atoms with E-state index in [1.165, 1.54) is 12.3 Å². The van der Waals surface area contributed by atoms with Gasteiger partial charge in [0, 0.05) is 22.3 Å². The molecule has 0 saturated heterocycles. The Bertz CT molecular complexity index is 743. The predicted octanol–water partition coefficient (Wildman–Crippen LogP) is 4.32. The van der Waals surface area contributed by atoms with E-state index in [2.05, 4.69) is 25.9 Å². The van der Waals surface area contributed by atoms with E-state index >= 15 is 0 Å².